The van der Waals surface area contributed by atoms with Gasteiger partial charge in [0.2, 0.25) is 5.95 Å². The zero-order chi connectivity index (χ0) is 11.4. The molecule has 0 bridgehead atoms. The lowest BCUT2D eigenvalue weighted by atomic mass is 10.0. The van der Waals surface area contributed by atoms with Gasteiger partial charge >= 0.3 is 0 Å². The van der Waals surface area contributed by atoms with Gasteiger partial charge in [0.25, 0.3) is 0 Å². The minimum atomic E-state index is 0.882. The van der Waals surface area contributed by atoms with Crippen molar-refractivity contribution in [1.82, 2.24) is 9.97 Å². The molecule has 16 heavy (non-hydrogen) atoms. The summed E-state index contributed by atoms with van der Waals surface area (Å²) in [5, 5.41) is 0. The van der Waals surface area contributed by atoms with E-state index >= 15 is 0 Å². The summed E-state index contributed by atoms with van der Waals surface area (Å²) in [6, 6.07) is 0. The number of piperidine rings is 1. The molecule has 1 saturated heterocycles. The third kappa shape index (κ3) is 2.40. The smallest absolute Gasteiger partial charge is 0.225 e. The Labute approximate surface area is 97.2 Å². The van der Waals surface area contributed by atoms with E-state index in [-0.39, 0.29) is 0 Å². The summed E-state index contributed by atoms with van der Waals surface area (Å²) in [4.78, 5) is 11.1. The average molecular weight is 217 g/mol. The van der Waals surface area contributed by atoms with Gasteiger partial charge in [0.15, 0.2) is 0 Å². The van der Waals surface area contributed by atoms with Gasteiger partial charge in [0.1, 0.15) is 0 Å². The Hall–Kier alpha value is -1.38. The van der Waals surface area contributed by atoms with Gasteiger partial charge in [-0.2, -0.15) is 0 Å². The lowest BCUT2D eigenvalue weighted by Gasteiger charge is -2.28. The first-order valence-corrected chi connectivity index (χ1v) is 6.03. The van der Waals surface area contributed by atoms with Crippen LogP contribution in [0, 0.1) is 0 Å². The topological polar surface area (TPSA) is 29.0 Å². The van der Waals surface area contributed by atoms with Crippen LogP contribution in [0.15, 0.2) is 24.0 Å². The highest BCUT2D eigenvalue weighted by atomic mass is 15.2. The summed E-state index contributed by atoms with van der Waals surface area (Å²) in [5.74, 6) is 0.882. The quantitative estimate of drug-likeness (QED) is 0.713. The number of aromatic nitrogens is 2. The Kier molecular flexibility index (Phi) is 3.54. The van der Waals surface area contributed by atoms with Crippen molar-refractivity contribution in [3.05, 3.63) is 29.6 Å². The third-order valence-electron chi connectivity index (χ3n) is 3.20. The molecule has 0 amide bonds. The SMILES string of the molecule is CC=C1CCN(c2ncc(CC)cn2)CC1. The van der Waals surface area contributed by atoms with E-state index in [1.54, 1.807) is 5.57 Å². The summed E-state index contributed by atoms with van der Waals surface area (Å²) < 4.78 is 0. The molecule has 1 fully saturated rings. The third-order valence-corrected chi connectivity index (χ3v) is 3.20. The molecule has 0 saturated carbocycles. The summed E-state index contributed by atoms with van der Waals surface area (Å²) >= 11 is 0. The van der Waals surface area contributed by atoms with E-state index in [9.17, 15) is 0 Å². The first kappa shape index (κ1) is 11.1. The predicted octanol–water partition coefficient (Wildman–Crippen LogP) is 2.59. The number of hydrogen-bond donors (Lipinski definition) is 0. The predicted molar refractivity (Wildman–Crippen MR) is 66.6 cm³/mol. The van der Waals surface area contributed by atoms with Crippen LogP contribution in [0.4, 0.5) is 5.95 Å². The van der Waals surface area contributed by atoms with Crippen molar-refractivity contribution < 1.29 is 0 Å². The summed E-state index contributed by atoms with van der Waals surface area (Å²) in [5.41, 5.74) is 2.76. The number of anilines is 1. The number of nitrogens with zero attached hydrogens (tertiary/aromatic N) is 3. The van der Waals surface area contributed by atoms with E-state index in [1.165, 1.54) is 5.56 Å². The van der Waals surface area contributed by atoms with Gasteiger partial charge in [0, 0.05) is 25.5 Å². The van der Waals surface area contributed by atoms with Gasteiger partial charge in [-0.3, -0.25) is 0 Å². The lowest BCUT2D eigenvalue weighted by Crippen LogP contribution is -2.31. The summed E-state index contributed by atoms with van der Waals surface area (Å²) in [6.45, 7) is 6.34. The minimum Gasteiger partial charge on any atom is -0.340 e. The van der Waals surface area contributed by atoms with Gasteiger partial charge < -0.3 is 4.90 Å². The highest BCUT2D eigenvalue weighted by molar-refractivity contribution is 5.32. The molecule has 1 aromatic rings. The van der Waals surface area contributed by atoms with Crippen LogP contribution in [0.25, 0.3) is 0 Å². The number of aryl methyl sites for hydroxylation is 1. The van der Waals surface area contributed by atoms with Crippen molar-refractivity contribution in [1.29, 1.82) is 0 Å². The summed E-state index contributed by atoms with van der Waals surface area (Å²) in [7, 11) is 0. The Morgan fingerprint density at radius 1 is 1.25 bits per heavy atom. The molecule has 0 atom stereocenters. The molecule has 86 valence electrons. The standard InChI is InChI=1S/C13H19N3/c1-3-11-5-7-16(8-6-11)13-14-9-12(4-2)10-15-13/h3,9-10H,4-8H2,1-2H3. The van der Waals surface area contributed by atoms with Crippen LogP contribution < -0.4 is 4.90 Å². The van der Waals surface area contributed by atoms with Gasteiger partial charge in [0.05, 0.1) is 0 Å². The molecular weight excluding hydrogens is 198 g/mol. The fourth-order valence-corrected chi connectivity index (χ4v) is 1.98. The largest absolute Gasteiger partial charge is 0.340 e. The molecule has 0 radical (unpaired) electrons. The highest BCUT2D eigenvalue weighted by Crippen LogP contribution is 2.19. The van der Waals surface area contributed by atoms with Crippen molar-refractivity contribution in [3.63, 3.8) is 0 Å². The minimum absolute atomic E-state index is 0.882. The van der Waals surface area contributed by atoms with Gasteiger partial charge in [-0.1, -0.05) is 18.6 Å². The van der Waals surface area contributed by atoms with Gasteiger partial charge in [-0.15, -0.1) is 0 Å². The van der Waals surface area contributed by atoms with E-state index in [0.29, 0.717) is 0 Å². The first-order chi connectivity index (χ1) is 7.83. The van der Waals surface area contributed by atoms with Crippen LogP contribution in [0.2, 0.25) is 0 Å². The second-order valence-electron chi connectivity index (χ2n) is 4.18. The Morgan fingerprint density at radius 2 is 1.88 bits per heavy atom. The van der Waals surface area contributed by atoms with E-state index in [4.69, 9.17) is 0 Å². The Bertz CT molecular complexity index is 357. The van der Waals surface area contributed by atoms with Crippen LogP contribution in [0.3, 0.4) is 0 Å². The normalized spacial score (nSPS) is 16.4. The van der Waals surface area contributed by atoms with E-state index in [0.717, 1.165) is 38.3 Å². The zero-order valence-electron chi connectivity index (χ0n) is 10.1. The van der Waals surface area contributed by atoms with Crippen molar-refractivity contribution in [3.8, 4) is 0 Å². The fourth-order valence-electron chi connectivity index (χ4n) is 1.98. The van der Waals surface area contributed by atoms with Crippen LogP contribution in [-0.2, 0) is 6.42 Å². The van der Waals surface area contributed by atoms with Crippen molar-refractivity contribution in [2.24, 2.45) is 0 Å². The first-order valence-electron chi connectivity index (χ1n) is 6.03. The molecule has 2 rings (SSSR count). The van der Waals surface area contributed by atoms with Crippen molar-refractivity contribution >= 4 is 5.95 Å². The molecule has 2 heterocycles. The molecular formula is C13H19N3. The maximum Gasteiger partial charge on any atom is 0.225 e. The molecule has 3 nitrogen and oxygen atoms in total. The second kappa shape index (κ2) is 5.10. The number of rotatable bonds is 2. The van der Waals surface area contributed by atoms with E-state index in [1.807, 2.05) is 12.4 Å². The van der Waals surface area contributed by atoms with Crippen LogP contribution in [0.5, 0.6) is 0 Å². The van der Waals surface area contributed by atoms with E-state index < -0.39 is 0 Å². The molecule has 3 heteroatoms. The monoisotopic (exact) mass is 217 g/mol. The molecule has 0 spiro atoms. The van der Waals surface area contributed by atoms with Crippen molar-refractivity contribution in [2.75, 3.05) is 18.0 Å². The second-order valence-corrected chi connectivity index (χ2v) is 4.18. The van der Waals surface area contributed by atoms with Crippen molar-refractivity contribution in [2.45, 2.75) is 33.1 Å². The van der Waals surface area contributed by atoms with Gasteiger partial charge in [-0.25, -0.2) is 9.97 Å². The van der Waals surface area contributed by atoms with Crippen LogP contribution in [0.1, 0.15) is 32.3 Å². The van der Waals surface area contributed by atoms with Crippen LogP contribution in [-0.4, -0.2) is 23.1 Å². The maximum atomic E-state index is 4.42. The molecule has 1 aromatic heterocycles. The maximum absolute atomic E-state index is 4.42. The Morgan fingerprint density at radius 3 is 2.38 bits per heavy atom. The Balaban J connectivity index is 2.02. The van der Waals surface area contributed by atoms with Gasteiger partial charge in [-0.05, 0) is 31.7 Å². The molecule has 0 unspecified atom stereocenters. The molecule has 1 aliphatic rings. The van der Waals surface area contributed by atoms with Crippen LogP contribution >= 0.6 is 0 Å². The number of hydrogen-bond acceptors (Lipinski definition) is 3. The molecule has 0 aliphatic carbocycles. The molecule has 1 aliphatic heterocycles. The zero-order valence-corrected chi connectivity index (χ0v) is 10.1. The highest BCUT2D eigenvalue weighted by Gasteiger charge is 2.15. The number of allylic oxidation sites excluding steroid dienone is 1. The average Bonchev–Trinajstić information content (AvgIpc) is 2.39. The fraction of sp³-hybridized carbons (Fsp3) is 0.538. The van der Waals surface area contributed by atoms with E-state index in [2.05, 4.69) is 34.8 Å². The molecule has 0 aromatic carbocycles. The molecule has 0 N–H and O–H groups in total. The summed E-state index contributed by atoms with van der Waals surface area (Å²) in [6.07, 6.45) is 9.41. The lowest BCUT2D eigenvalue weighted by molar-refractivity contribution is 0.665.